The van der Waals surface area contributed by atoms with E-state index in [0.717, 1.165) is 77.8 Å². The quantitative estimate of drug-likeness (QED) is 0.489. The SMILES string of the molecule is CCc1cc2ccc(CCN3CCN(c4cc(F)cc5sccc45)CC3)cc2[nH]c1=O. The van der Waals surface area contributed by atoms with Gasteiger partial charge in [-0.3, -0.25) is 9.69 Å². The summed E-state index contributed by atoms with van der Waals surface area (Å²) in [5, 5.41) is 4.27. The van der Waals surface area contributed by atoms with Crippen molar-refractivity contribution in [2.45, 2.75) is 19.8 Å². The summed E-state index contributed by atoms with van der Waals surface area (Å²) >= 11 is 1.59. The van der Waals surface area contributed by atoms with Gasteiger partial charge < -0.3 is 9.88 Å². The standard InChI is InChI=1S/C25H26FN3OS/c1-2-18-14-19-4-3-17(13-22(19)27-25(18)30)5-7-28-8-10-29(11-9-28)23-15-20(26)16-24-21(23)6-12-31-24/h3-4,6,12-16H,2,5,7-11H2,1H3,(H,27,30). The predicted octanol–water partition coefficient (Wildman–Crippen LogP) is 4.81. The lowest BCUT2D eigenvalue weighted by Crippen LogP contribution is -2.47. The molecule has 2 aromatic carbocycles. The molecule has 1 fully saturated rings. The Morgan fingerprint density at radius 3 is 2.71 bits per heavy atom. The average Bonchev–Trinajstić information content (AvgIpc) is 3.25. The Hall–Kier alpha value is -2.70. The highest BCUT2D eigenvalue weighted by atomic mass is 32.1. The number of fused-ring (bicyclic) bond motifs is 2. The molecule has 2 aromatic heterocycles. The second kappa shape index (κ2) is 8.44. The van der Waals surface area contributed by atoms with E-state index in [-0.39, 0.29) is 11.4 Å². The predicted molar refractivity (Wildman–Crippen MR) is 128 cm³/mol. The number of benzene rings is 2. The Morgan fingerprint density at radius 2 is 1.90 bits per heavy atom. The van der Waals surface area contributed by atoms with Crippen molar-refractivity contribution < 1.29 is 4.39 Å². The van der Waals surface area contributed by atoms with Gasteiger partial charge in [0.15, 0.2) is 0 Å². The number of anilines is 1. The molecule has 0 spiro atoms. The van der Waals surface area contributed by atoms with Crippen LogP contribution >= 0.6 is 11.3 Å². The van der Waals surface area contributed by atoms with Gasteiger partial charge in [0.1, 0.15) is 5.82 Å². The van der Waals surface area contributed by atoms with Crippen molar-refractivity contribution in [3.8, 4) is 0 Å². The molecule has 4 aromatic rings. The van der Waals surface area contributed by atoms with Crippen LogP contribution in [0, 0.1) is 5.82 Å². The summed E-state index contributed by atoms with van der Waals surface area (Å²) in [6.45, 7) is 6.72. The molecule has 0 aliphatic carbocycles. The third-order valence-corrected chi connectivity index (χ3v) is 7.18. The maximum absolute atomic E-state index is 14.0. The van der Waals surface area contributed by atoms with E-state index in [9.17, 15) is 9.18 Å². The highest BCUT2D eigenvalue weighted by molar-refractivity contribution is 7.17. The van der Waals surface area contributed by atoms with Gasteiger partial charge in [0.05, 0.1) is 0 Å². The molecule has 1 aliphatic heterocycles. The number of H-pyrrole nitrogens is 1. The number of aryl methyl sites for hydroxylation is 1. The van der Waals surface area contributed by atoms with Gasteiger partial charge in [-0.15, -0.1) is 11.3 Å². The Kier molecular flexibility index (Phi) is 5.50. The number of nitrogens with one attached hydrogen (secondary N) is 1. The lowest BCUT2D eigenvalue weighted by Gasteiger charge is -2.36. The van der Waals surface area contributed by atoms with Gasteiger partial charge in [-0.25, -0.2) is 4.39 Å². The number of piperazine rings is 1. The number of hydrogen-bond donors (Lipinski definition) is 1. The molecule has 1 aliphatic rings. The number of pyridine rings is 1. The maximum Gasteiger partial charge on any atom is 0.251 e. The van der Waals surface area contributed by atoms with E-state index in [0.29, 0.717) is 0 Å². The first-order valence-electron chi connectivity index (χ1n) is 10.9. The second-order valence-corrected chi connectivity index (χ2v) is 9.18. The molecule has 4 nitrogen and oxygen atoms in total. The van der Waals surface area contributed by atoms with Gasteiger partial charge in [-0.2, -0.15) is 0 Å². The molecule has 31 heavy (non-hydrogen) atoms. The van der Waals surface area contributed by atoms with Gasteiger partial charge in [0.2, 0.25) is 0 Å². The van der Waals surface area contributed by atoms with Crippen LogP contribution in [0.2, 0.25) is 0 Å². The van der Waals surface area contributed by atoms with Crippen LogP contribution in [-0.2, 0) is 12.8 Å². The number of aromatic nitrogens is 1. The molecule has 0 amide bonds. The zero-order valence-corrected chi connectivity index (χ0v) is 18.5. The van der Waals surface area contributed by atoms with E-state index in [1.807, 2.05) is 18.4 Å². The summed E-state index contributed by atoms with van der Waals surface area (Å²) < 4.78 is 15.1. The highest BCUT2D eigenvalue weighted by Crippen LogP contribution is 2.32. The van der Waals surface area contributed by atoms with Crippen LogP contribution in [0.25, 0.3) is 21.0 Å². The Balaban J connectivity index is 1.23. The lowest BCUT2D eigenvalue weighted by molar-refractivity contribution is 0.261. The van der Waals surface area contributed by atoms with Gasteiger partial charge in [-0.1, -0.05) is 19.1 Å². The minimum atomic E-state index is -0.159. The van der Waals surface area contributed by atoms with E-state index in [1.54, 1.807) is 23.5 Å². The van der Waals surface area contributed by atoms with Gasteiger partial charge in [0.25, 0.3) is 5.56 Å². The van der Waals surface area contributed by atoms with Gasteiger partial charge in [0, 0.05) is 59.6 Å². The van der Waals surface area contributed by atoms with Crippen molar-refractivity contribution in [1.29, 1.82) is 0 Å². The van der Waals surface area contributed by atoms with E-state index < -0.39 is 0 Å². The molecule has 0 unspecified atom stereocenters. The summed E-state index contributed by atoms with van der Waals surface area (Å²) in [6.07, 6.45) is 1.69. The molecular formula is C25H26FN3OS. The van der Waals surface area contributed by atoms with Crippen LogP contribution < -0.4 is 10.5 Å². The summed E-state index contributed by atoms with van der Waals surface area (Å²) in [5.41, 5.74) is 4.01. The molecule has 0 bridgehead atoms. The largest absolute Gasteiger partial charge is 0.368 e. The van der Waals surface area contributed by atoms with Crippen LogP contribution in [-0.4, -0.2) is 42.6 Å². The first-order chi connectivity index (χ1) is 15.1. The third-order valence-electron chi connectivity index (χ3n) is 6.31. The minimum absolute atomic E-state index is 0.0142. The van der Waals surface area contributed by atoms with E-state index in [1.165, 1.54) is 5.56 Å². The van der Waals surface area contributed by atoms with Crippen molar-refractivity contribution in [2.24, 2.45) is 0 Å². The van der Waals surface area contributed by atoms with E-state index in [2.05, 4.69) is 39.0 Å². The van der Waals surface area contributed by atoms with Crippen molar-refractivity contribution >= 4 is 38.0 Å². The van der Waals surface area contributed by atoms with Crippen LogP contribution in [0.1, 0.15) is 18.1 Å². The molecular weight excluding hydrogens is 409 g/mol. The highest BCUT2D eigenvalue weighted by Gasteiger charge is 2.19. The minimum Gasteiger partial charge on any atom is -0.368 e. The van der Waals surface area contributed by atoms with Crippen molar-refractivity contribution in [2.75, 3.05) is 37.6 Å². The van der Waals surface area contributed by atoms with E-state index >= 15 is 0 Å². The normalized spacial score (nSPS) is 15.2. The van der Waals surface area contributed by atoms with Gasteiger partial charge in [-0.05, 0) is 59.5 Å². The fourth-order valence-corrected chi connectivity index (χ4v) is 5.32. The molecule has 160 valence electrons. The molecule has 3 heterocycles. The van der Waals surface area contributed by atoms with Crippen molar-refractivity contribution in [1.82, 2.24) is 9.88 Å². The first-order valence-corrected chi connectivity index (χ1v) is 11.8. The third kappa shape index (κ3) is 4.10. The van der Waals surface area contributed by atoms with Gasteiger partial charge >= 0.3 is 0 Å². The fourth-order valence-electron chi connectivity index (χ4n) is 4.49. The number of halogens is 1. The van der Waals surface area contributed by atoms with Crippen LogP contribution in [0.3, 0.4) is 0 Å². The molecule has 1 N–H and O–H groups in total. The topological polar surface area (TPSA) is 39.3 Å². The monoisotopic (exact) mass is 435 g/mol. The maximum atomic E-state index is 14.0. The molecule has 1 saturated heterocycles. The number of hydrogen-bond acceptors (Lipinski definition) is 4. The molecule has 6 heteroatoms. The lowest BCUT2D eigenvalue weighted by atomic mass is 10.1. The summed E-state index contributed by atoms with van der Waals surface area (Å²) in [5.74, 6) is -0.159. The van der Waals surface area contributed by atoms with E-state index in [4.69, 9.17) is 0 Å². The zero-order valence-electron chi connectivity index (χ0n) is 17.7. The number of aromatic amines is 1. The number of nitrogens with zero attached hydrogens (tertiary/aromatic N) is 2. The zero-order chi connectivity index (χ0) is 21.4. The van der Waals surface area contributed by atoms with Crippen LogP contribution in [0.4, 0.5) is 10.1 Å². The Bertz CT molecular complexity index is 1290. The molecule has 0 atom stereocenters. The Labute approximate surface area is 184 Å². The van der Waals surface area contributed by atoms with Crippen molar-refractivity contribution in [3.05, 3.63) is 75.1 Å². The van der Waals surface area contributed by atoms with Crippen molar-refractivity contribution in [3.63, 3.8) is 0 Å². The van der Waals surface area contributed by atoms with Crippen LogP contribution in [0.15, 0.2) is 52.6 Å². The fraction of sp³-hybridized carbons (Fsp3) is 0.320. The van der Waals surface area contributed by atoms with Crippen LogP contribution in [0.5, 0.6) is 0 Å². The average molecular weight is 436 g/mol. The summed E-state index contributed by atoms with van der Waals surface area (Å²) in [6, 6.07) is 13.8. The number of thiophene rings is 1. The second-order valence-electron chi connectivity index (χ2n) is 8.23. The summed E-state index contributed by atoms with van der Waals surface area (Å²) in [7, 11) is 0. The molecule has 5 rings (SSSR count). The Morgan fingerprint density at radius 1 is 1.06 bits per heavy atom. The molecule has 0 radical (unpaired) electrons. The first kappa shape index (κ1) is 20.2. The number of rotatable bonds is 5. The smallest absolute Gasteiger partial charge is 0.251 e. The molecule has 0 saturated carbocycles. The summed E-state index contributed by atoms with van der Waals surface area (Å²) in [4.78, 5) is 19.9.